The topological polar surface area (TPSA) is 50.4 Å². The average molecular weight is 282 g/mol. The van der Waals surface area contributed by atoms with Gasteiger partial charge in [-0.15, -0.1) is 0 Å². The van der Waals surface area contributed by atoms with Crippen molar-refractivity contribution in [2.75, 3.05) is 13.1 Å². The summed E-state index contributed by atoms with van der Waals surface area (Å²) in [5.41, 5.74) is -0.420. The summed E-state index contributed by atoms with van der Waals surface area (Å²) in [6.07, 6.45) is 7.78. The Morgan fingerprint density at radius 3 is 2.40 bits per heavy atom. The Bertz CT molecular complexity index is 315. The normalized spacial score (nSPS) is 21.8. The average Bonchev–Trinajstić information content (AvgIpc) is 3.03. The second-order valence-corrected chi connectivity index (χ2v) is 7.39. The molecule has 0 radical (unpaired) electrons. The Kier molecular flexibility index (Phi) is 5.30. The van der Waals surface area contributed by atoms with Gasteiger partial charge < -0.3 is 15.4 Å². The largest absolute Gasteiger partial charge is 0.444 e. The lowest BCUT2D eigenvalue weighted by Crippen LogP contribution is -2.45. The van der Waals surface area contributed by atoms with E-state index in [9.17, 15) is 4.79 Å². The van der Waals surface area contributed by atoms with Gasteiger partial charge in [0, 0.05) is 12.6 Å². The highest BCUT2D eigenvalue weighted by atomic mass is 16.6. The lowest BCUT2D eigenvalue weighted by molar-refractivity contribution is 0.0521. The molecule has 0 spiro atoms. The van der Waals surface area contributed by atoms with Crippen molar-refractivity contribution in [2.24, 2.45) is 11.8 Å². The maximum absolute atomic E-state index is 11.7. The van der Waals surface area contributed by atoms with Gasteiger partial charge in [0.1, 0.15) is 5.60 Å². The van der Waals surface area contributed by atoms with Crippen LogP contribution in [0.15, 0.2) is 0 Å². The highest BCUT2D eigenvalue weighted by Crippen LogP contribution is 2.33. The minimum atomic E-state index is -0.420. The SMILES string of the molecule is CC(C)(C)OC(=O)NCC(NCC1CCCC1)C1CC1. The molecule has 2 rings (SSSR count). The van der Waals surface area contributed by atoms with E-state index in [1.54, 1.807) is 0 Å². The fourth-order valence-corrected chi connectivity index (χ4v) is 2.94. The Balaban J connectivity index is 1.68. The molecule has 1 amide bonds. The van der Waals surface area contributed by atoms with Gasteiger partial charge in [-0.05, 0) is 64.8 Å². The molecule has 0 heterocycles. The molecule has 2 aliphatic carbocycles. The van der Waals surface area contributed by atoms with Gasteiger partial charge in [0.15, 0.2) is 0 Å². The summed E-state index contributed by atoms with van der Waals surface area (Å²) < 4.78 is 5.29. The molecular weight excluding hydrogens is 252 g/mol. The van der Waals surface area contributed by atoms with Crippen LogP contribution in [0.3, 0.4) is 0 Å². The second-order valence-electron chi connectivity index (χ2n) is 7.39. The predicted octanol–water partition coefficient (Wildman–Crippen LogP) is 3.07. The number of alkyl carbamates (subject to hydrolysis) is 1. The molecule has 0 saturated heterocycles. The van der Waals surface area contributed by atoms with Gasteiger partial charge in [0.25, 0.3) is 0 Å². The Labute approximate surface area is 123 Å². The summed E-state index contributed by atoms with van der Waals surface area (Å²) >= 11 is 0. The number of hydrogen-bond acceptors (Lipinski definition) is 3. The molecule has 2 aliphatic rings. The molecule has 116 valence electrons. The van der Waals surface area contributed by atoms with E-state index in [1.165, 1.54) is 38.5 Å². The highest BCUT2D eigenvalue weighted by Gasteiger charge is 2.32. The summed E-state index contributed by atoms with van der Waals surface area (Å²) in [7, 11) is 0. The van der Waals surface area contributed by atoms with E-state index in [2.05, 4.69) is 10.6 Å². The number of ether oxygens (including phenoxy) is 1. The minimum absolute atomic E-state index is 0.300. The number of hydrogen-bond donors (Lipinski definition) is 2. The molecule has 0 aromatic heterocycles. The van der Waals surface area contributed by atoms with E-state index in [4.69, 9.17) is 4.74 Å². The zero-order valence-electron chi connectivity index (χ0n) is 13.2. The summed E-state index contributed by atoms with van der Waals surface area (Å²) in [6.45, 7) is 7.47. The quantitative estimate of drug-likeness (QED) is 0.787. The van der Waals surface area contributed by atoms with Crippen molar-refractivity contribution in [3.63, 3.8) is 0 Å². The zero-order chi connectivity index (χ0) is 14.6. The molecule has 1 atom stereocenters. The first-order valence-corrected chi connectivity index (χ1v) is 8.14. The molecule has 4 nitrogen and oxygen atoms in total. The minimum Gasteiger partial charge on any atom is -0.444 e. The van der Waals surface area contributed by atoms with Gasteiger partial charge in [-0.2, -0.15) is 0 Å². The van der Waals surface area contributed by atoms with Crippen LogP contribution in [0, 0.1) is 11.8 Å². The third-order valence-corrected chi connectivity index (χ3v) is 4.20. The fraction of sp³-hybridized carbons (Fsp3) is 0.938. The van der Waals surface area contributed by atoms with Crippen LogP contribution >= 0.6 is 0 Å². The van der Waals surface area contributed by atoms with Crippen LogP contribution in [0.1, 0.15) is 59.3 Å². The first-order chi connectivity index (χ1) is 9.44. The summed E-state index contributed by atoms with van der Waals surface area (Å²) in [6, 6.07) is 0.420. The Hall–Kier alpha value is -0.770. The molecule has 2 N–H and O–H groups in total. The lowest BCUT2D eigenvalue weighted by atomic mass is 10.1. The van der Waals surface area contributed by atoms with Gasteiger partial charge in [0.2, 0.25) is 0 Å². The molecule has 2 fully saturated rings. The number of rotatable bonds is 6. The Morgan fingerprint density at radius 2 is 1.85 bits per heavy atom. The maximum Gasteiger partial charge on any atom is 0.407 e. The second kappa shape index (κ2) is 6.79. The molecular formula is C16H30N2O2. The van der Waals surface area contributed by atoms with Crippen LogP contribution in [-0.2, 0) is 4.74 Å². The summed E-state index contributed by atoms with van der Waals surface area (Å²) in [4.78, 5) is 11.7. The van der Waals surface area contributed by atoms with Crippen LogP contribution in [0.2, 0.25) is 0 Å². The molecule has 0 bridgehead atoms. The van der Waals surface area contributed by atoms with Crippen LogP contribution < -0.4 is 10.6 Å². The maximum atomic E-state index is 11.7. The van der Waals surface area contributed by atoms with Crippen molar-refractivity contribution in [1.29, 1.82) is 0 Å². The first-order valence-electron chi connectivity index (χ1n) is 8.14. The van der Waals surface area contributed by atoms with Crippen molar-refractivity contribution >= 4 is 6.09 Å². The lowest BCUT2D eigenvalue weighted by Gasteiger charge is -2.23. The van der Waals surface area contributed by atoms with E-state index < -0.39 is 5.60 Å². The zero-order valence-corrected chi connectivity index (χ0v) is 13.2. The molecule has 4 heteroatoms. The van der Waals surface area contributed by atoms with Crippen LogP contribution in [-0.4, -0.2) is 30.8 Å². The van der Waals surface area contributed by atoms with Crippen molar-refractivity contribution in [2.45, 2.75) is 70.9 Å². The van der Waals surface area contributed by atoms with Crippen molar-refractivity contribution in [3.8, 4) is 0 Å². The molecule has 1 unspecified atom stereocenters. The van der Waals surface area contributed by atoms with Crippen molar-refractivity contribution in [3.05, 3.63) is 0 Å². The van der Waals surface area contributed by atoms with Gasteiger partial charge >= 0.3 is 6.09 Å². The van der Waals surface area contributed by atoms with E-state index in [0.29, 0.717) is 12.6 Å². The Morgan fingerprint density at radius 1 is 1.20 bits per heavy atom. The van der Waals surface area contributed by atoms with Crippen LogP contribution in [0.4, 0.5) is 4.79 Å². The molecule has 20 heavy (non-hydrogen) atoms. The van der Waals surface area contributed by atoms with E-state index >= 15 is 0 Å². The van der Waals surface area contributed by atoms with Gasteiger partial charge in [-0.25, -0.2) is 4.79 Å². The van der Waals surface area contributed by atoms with Gasteiger partial charge in [0.05, 0.1) is 0 Å². The third-order valence-electron chi connectivity index (χ3n) is 4.20. The number of nitrogens with one attached hydrogen (secondary N) is 2. The van der Waals surface area contributed by atoms with E-state index in [-0.39, 0.29) is 6.09 Å². The van der Waals surface area contributed by atoms with Gasteiger partial charge in [-0.1, -0.05) is 12.8 Å². The fourth-order valence-electron chi connectivity index (χ4n) is 2.94. The van der Waals surface area contributed by atoms with Crippen LogP contribution in [0.25, 0.3) is 0 Å². The monoisotopic (exact) mass is 282 g/mol. The number of carbonyl (C=O) groups is 1. The number of amides is 1. The summed E-state index contributed by atoms with van der Waals surface area (Å²) in [5.74, 6) is 1.59. The number of carbonyl (C=O) groups excluding carboxylic acids is 1. The summed E-state index contributed by atoms with van der Waals surface area (Å²) in [5, 5.41) is 6.58. The van der Waals surface area contributed by atoms with Crippen molar-refractivity contribution < 1.29 is 9.53 Å². The van der Waals surface area contributed by atoms with E-state index in [1.807, 2.05) is 20.8 Å². The van der Waals surface area contributed by atoms with E-state index in [0.717, 1.165) is 18.4 Å². The van der Waals surface area contributed by atoms with Crippen LogP contribution in [0.5, 0.6) is 0 Å². The molecule has 0 aromatic carbocycles. The molecule has 0 aliphatic heterocycles. The highest BCUT2D eigenvalue weighted by molar-refractivity contribution is 5.67. The smallest absolute Gasteiger partial charge is 0.407 e. The van der Waals surface area contributed by atoms with Crippen molar-refractivity contribution in [1.82, 2.24) is 10.6 Å². The predicted molar refractivity (Wildman–Crippen MR) is 80.7 cm³/mol. The standard InChI is InChI=1S/C16H30N2O2/c1-16(2,3)20-15(19)18-11-14(13-8-9-13)17-10-12-6-4-5-7-12/h12-14,17H,4-11H2,1-3H3,(H,18,19). The first kappa shape index (κ1) is 15.6. The molecule has 2 saturated carbocycles. The molecule has 0 aromatic rings. The van der Waals surface area contributed by atoms with Gasteiger partial charge in [-0.3, -0.25) is 0 Å². The third kappa shape index (κ3) is 5.70.